The quantitative estimate of drug-likeness (QED) is 0.777. The molecule has 0 aliphatic rings. The van der Waals surface area contributed by atoms with E-state index in [4.69, 9.17) is 5.73 Å². The molecule has 1 rings (SSSR count). The van der Waals surface area contributed by atoms with Gasteiger partial charge >= 0.3 is 0 Å². The van der Waals surface area contributed by atoms with Gasteiger partial charge in [-0.05, 0) is 12.5 Å². The highest BCUT2D eigenvalue weighted by Gasteiger charge is 2.16. The lowest BCUT2D eigenvalue weighted by Gasteiger charge is -2.09. The van der Waals surface area contributed by atoms with E-state index in [1.807, 2.05) is 0 Å². The van der Waals surface area contributed by atoms with Gasteiger partial charge in [-0.3, -0.25) is 4.79 Å². The van der Waals surface area contributed by atoms with E-state index in [2.05, 4.69) is 0 Å². The van der Waals surface area contributed by atoms with E-state index < -0.39 is 18.9 Å². The zero-order valence-electron chi connectivity index (χ0n) is 8.41. The van der Waals surface area contributed by atoms with Crippen LogP contribution in [0.5, 0.6) is 0 Å². The molecule has 0 radical (unpaired) electrons. The average molecular weight is 213 g/mol. The molecule has 1 unspecified atom stereocenters. The Morgan fingerprint density at radius 1 is 1.40 bits per heavy atom. The molecule has 2 N–H and O–H groups in total. The van der Waals surface area contributed by atoms with Crippen LogP contribution < -0.4 is 5.73 Å². The Morgan fingerprint density at radius 3 is 2.53 bits per heavy atom. The average Bonchev–Trinajstić information content (AvgIpc) is 2.16. The second-order valence-electron chi connectivity index (χ2n) is 3.41. The summed E-state index contributed by atoms with van der Waals surface area (Å²) in [6.07, 6.45) is -2.86. The summed E-state index contributed by atoms with van der Waals surface area (Å²) in [6.45, 7) is 1.54. The molecule has 0 heterocycles. The number of Topliss-reactive ketones (excluding diaryl/α,β-unsaturated/α-hetero) is 1. The van der Waals surface area contributed by atoms with Crippen molar-refractivity contribution in [3.63, 3.8) is 0 Å². The minimum atomic E-state index is -2.45. The van der Waals surface area contributed by atoms with Crippen LogP contribution in [-0.4, -0.2) is 18.3 Å². The molecule has 0 saturated heterocycles. The van der Waals surface area contributed by atoms with Gasteiger partial charge in [0.25, 0.3) is 0 Å². The summed E-state index contributed by atoms with van der Waals surface area (Å²) in [5.41, 5.74) is 6.09. The highest BCUT2D eigenvalue weighted by molar-refractivity contribution is 6.00. The molecule has 1 aromatic rings. The third-order valence-electron chi connectivity index (χ3n) is 2.07. The van der Waals surface area contributed by atoms with E-state index >= 15 is 0 Å². The summed E-state index contributed by atoms with van der Waals surface area (Å²) in [7, 11) is 0. The largest absolute Gasteiger partial charge is 0.321 e. The first-order chi connectivity index (χ1) is 7.02. The second-order valence-corrected chi connectivity index (χ2v) is 3.41. The molecule has 0 aromatic heterocycles. The molecule has 0 aliphatic carbocycles. The Morgan fingerprint density at radius 2 is 2.00 bits per heavy atom. The summed E-state index contributed by atoms with van der Waals surface area (Å²) >= 11 is 0. The number of rotatable bonds is 4. The molecule has 0 spiro atoms. The number of nitrogens with two attached hydrogens (primary N) is 1. The van der Waals surface area contributed by atoms with Crippen LogP contribution in [0.15, 0.2) is 24.3 Å². The van der Waals surface area contributed by atoms with E-state index in [0.29, 0.717) is 11.1 Å². The van der Waals surface area contributed by atoms with Gasteiger partial charge in [-0.2, -0.15) is 0 Å². The Balaban J connectivity index is 3.01. The van der Waals surface area contributed by atoms with Crippen LogP contribution in [0.1, 0.15) is 22.8 Å². The number of carbonyl (C=O) groups is 1. The summed E-state index contributed by atoms with van der Waals surface area (Å²) in [5, 5.41) is 0. The van der Waals surface area contributed by atoms with Crippen molar-refractivity contribution in [1.29, 1.82) is 0 Å². The van der Waals surface area contributed by atoms with Gasteiger partial charge in [0.05, 0.1) is 6.04 Å². The molecule has 1 atom stereocenters. The van der Waals surface area contributed by atoms with Crippen molar-refractivity contribution in [2.24, 2.45) is 5.73 Å². The van der Waals surface area contributed by atoms with Crippen LogP contribution in [0.3, 0.4) is 0 Å². The van der Waals surface area contributed by atoms with Gasteiger partial charge in [0.15, 0.2) is 5.78 Å². The number of halogens is 2. The van der Waals surface area contributed by atoms with Crippen LogP contribution >= 0.6 is 0 Å². The van der Waals surface area contributed by atoms with Crippen molar-refractivity contribution >= 4 is 5.78 Å². The molecule has 0 aliphatic heterocycles. The molecule has 2 nitrogen and oxygen atoms in total. The maximum absolute atomic E-state index is 12.2. The highest BCUT2D eigenvalue weighted by atomic mass is 19.3. The van der Waals surface area contributed by atoms with E-state index in [9.17, 15) is 13.6 Å². The smallest absolute Gasteiger partial charge is 0.242 e. The fourth-order valence-corrected chi connectivity index (χ4v) is 1.35. The maximum Gasteiger partial charge on any atom is 0.242 e. The second kappa shape index (κ2) is 4.98. The van der Waals surface area contributed by atoms with Gasteiger partial charge < -0.3 is 5.73 Å². The van der Waals surface area contributed by atoms with Gasteiger partial charge in [-0.25, -0.2) is 8.78 Å². The molecule has 0 bridgehead atoms. The first-order valence-electron chi connectivity index (χ1n) is 4.68. The molecular weight excluding hydrogens is 200 g/mol. The Labute approximate surface area is 87.1 Å². The number of carbonyl (C=O) groups excluding carboxylic acids is 1. The van der Waals surface area contributed by atoms with Crippen molar-refractivity contribution in [2.75, 3.05) is 0 Å². The highest BCUT2D eigenvalue weighted by Crippen LogP contribution is 2.14. The Hall–Kier alpha value is -1.29. The fourth-order valence-electron chi connectivity index (χ4n) is 1.35. The Bertz CT molecular complexity index is 350. The number of ketones is 1. The molecular formula is C11H13F2NO. The number of hydrogen-bond acceptors (Lipinski definition) is 2. The fraction of sp³-hybridized carbons (Fsp3) is 0.364. The van der Waals surface area contributed by atoms with Gasteiger partial charge in [0.2, 0.25) is 6.43 Å². The minimum absolute atomic E-state index is 0.299. The SMILES string of the molecule is CC(N)C(=O)c1ccccc1CC(F)F. The zero-order chi connectivity index (χ0) is 11.4. The van der Waals surface area contributed by atoms with Crippen molar-refractivity contribution in [2.45, 2.75) is 25.8 Å². The lowest BCUT2D eigenvalue weighted by molar-refractivity contribution is 0.0965. The lowest BCUT2D eigenvalue weighted by Crippen LogP contribution is -2.27. The topological polar surface area (TPSA) is 43.1 Å². The third-order valence-corrected chi connectivity index (χ3v) is 2.07. The molecule has 4 heteroatoms. The third kappa shape index (κ3) is 3.09. The molecule has 82 valence electrons. The van der Waals surface area contributed by atoms with Crippen molar-refractivity contribution in [1.82, 2.24) is 0 Å². The van der Waals surface area contributed by atoms with Crippen molar-refractivity contribution in [3.05, 3.63) is 35.4 Å². The van der Waals surface area contributed by atoms with Crippen LogP contribution in [0.2, 0.25) is 0 Å². The van der Waals surface area contributed by atoms with E-state index in [1.165, 1.54) is 12.1 Å². The minimum Gasteiger partial charge on any atom is -0.321 e. The van der Waals surface area contributed by atoms with Crippen LogP contribution in [0.4, 0.5) is 8.78 Å². The molecule has 0 fully saturated rings. The van der Waals surface area contributed by atoms with Crippen LogP contribution in [-0.2, 0) is 6.42 Å². The van der Waals surface area contributed by atoms with Crippen LogP contribution in [0, 0.1) is 0 Å². The molecule has 1 aromatic carbocycles. The van der Waals surface area contributed by atoms with Gasteiger partial charge in [0, 0.05) is 12.0 Å². The molecule has 15 heavy (non-hydrogen) atoms. The normalized spacial score (nSPS) is 12.9. The van der Waals surface area contributed by atoms with Crippen molar-refractivity contribution in [3.8, 4) is 0 Å². The van der Waals surface area contributed by atoms with Crippen LogP contribution in [0.25, 0.3) is 0 Å². The van der Waals surface area contributed by atoms with Gasteiger partial charge in [-0.1, -0.05) is 24.3 Å². The van der Waals surface area contributed by atoms with E-state index in [0.717, 1.165) is 0 Å². The number of alkyl halides is 2. The van der Waals surface area contributed by atoms with Gasteiger partial charge in [0.1, 0.15) is 0 Å². The first-order valence-corrected chi connectivity index (χ1v) is 4.68. The summed E-state index contributed by atoms with van der Waals surface area (Å²) in [5.74, 6) is -0.300. The number of hydrogen-bond donors (Lipinski definition) is 1. The first kappa shape index (κ1) is 11.8. The monoisotopic (exact) mass is 213 g/mol. The lowest BCUT2D eigenvalue weighted by atomic mass is 9.98. The van der Waals surface area contributed by atoms with E-state index in [-0.39, 0.29) is 5.78 Å². The Kier molecular flexibility index (Phi) is 3.91. The number of benzene rings is 1. The molecule has 0 amide bonds. The summed E-state index contributed by atoms with van der Waals surface area (Å²) in [4.78, 5) is 11.6. The van der Waals surface area contributed by atoms with Gasteiger partial charge in [-0.15, -0.1) is 0 Å². The predicted molar refractivity (Wildman–Crippen MR) is 54.1 cm³/mol. The predicted octanol–water partition coefficient (Wildman–Crippen LogP) is 2.02. The molecule has 0 saturated carbocycles. The zero-order valence-corrected chi connectivity index (χ0v) is 8.41. The maximum atomic E-state index is 12.2. The van der Waals surface area contributed by atoms with Crippen molar-refractivity contribution < 1.29 is 13.6 Å². The van der Waals surface area contributed by atoms with E-state index in [1.54, 1.807) is 19.1 Å². The summed E-state index contributed by atoms with van der Waals surface area (Å²) in [6, 6.07) is 5.68. The summed E-state index contributed by atoms with van der Waals surface area (Å²) < 4.78 is 24.4. The standard InChI is InChI=1S/C11H13F2NO/c1-7(14)11(15)9-5-3-2-4-8(9)6-10(12)13/h2-5,7,10H,6,14H2,1H3.